The minimum absolute atomic E-state index is 0.0951. The molecule has 0 heterocycles. The van der Waals surface area contributed by atoms with Crippen LogP contribution < -0.4 is 0 Å². The first-order valence-electron chi connectivity index (χ1n) is 6.91. The normalized spacial score (nSPS) is 9.83. The van der Waals surface area contributed by atoms with Gasteiger partial charge >= 0.3 is 0 Å². The molecule has 0 saturated heterocycles. The summed E-state index contributed by atoms with van der Waals surface area (Å²) in [5, 5.41) is 18.5. The van der Waals surface area contributed by atoms with E-state index in [9.17, 15) is 20.1 Å². The number of benzene rings is 2. The van der Waals surface area contributed by atoms with E-state index in [0.29, 0.717) is 32.0 Å². The van der Waals surface area contributed by atoms with Gasteiger partial charge < -0.3 is 0 Å². The van der Waals surface area contributed by atoms with Crippen LogP contribution in [0.1, 0.15) is 45.7 Å². The van der Waals surface area contributed by atoms with Gasteiger partial charge in [-0.3, -0.25) is 9.59 Å². The van der Waals surface area contributed by atoms with E-state index < -0.39 is 0 Å². The van der Waals surface area contributed by atoms with Crippen molar-refractivity contribution in [2.45, 2.75) is 23.6 Å². The lowest BCUT2D eigenvalue weighted by Crippen LogP contribution is -1.94. The molecule has 2 aromatic carbocycles. The highest BCUT2D eigenvalue weighted by Gasteiger charge is 2.11. The van der Waals surface area contributed by atoms with Crippen molar-refractivity contribution in [1.82, 2.24) is 0 Å². The lowest BCUT2D eigenvalue weighted by molar-refractivity contribution is 0.100. The van der Waals surface area contributed by atoms with Crippen LogP contribution in [0.4, 0.5) is 0 Å². The first-order valence-corrected chi connectivity index (χ1v) is 9.06. The molecule has 0 bridgehead atoms. The Kier molecular flexibility index (Phi) is 5.81. The molecule has 2 rings (SSSR count). The molecule has 6 heteroatoms. The molecule has 0 saturated carbocycles. The minimum Gasteiger partial charge on any atom is -0.295 e. The minimum atomic E-state index is -0.0951. The van der Waals surface area contributed by atoms with Crippen LogP contribution in [0, 0.1) is 22.7 Å². The Morgan fingerprint density at radius 3 is 1.46 bits per heavy atom. The fourth-order valence-corrected chi connectivity index (χ4v) is 4.13. The predicted molar refractivity (Wildman–Crippen MR) is 94.0 cm³/mol. The first kappa shape index (κ1) is 17.8. The molecular weight excluding hydrogens is 340 g/mol. The van der Waals surface area contributed by atoms with Crippen molar-refractivity contribution in [3.8, 4) is 12.1 Å². The van der Waals surface area contributed by atoms with Crippen LogP contribution in [0.25, 0.3) is 0 Å². The van der Waals surface area contributed by atoms with Gasteiger partial charge in [-0.05, 0) is 38.1 Å². The van der Waals surface area contributed by atoms with E-state index in [2.05, 4.69) is 12.1 Å². The van der Waals surface area contributed by atoms with E-state index in [1.165, 1.54) is 35.4 Å². The maximum Gasteiger partial charge on any atom is 0.159 e. The molecule has 0 N–H and O–H groups in total. The quantitative estimate of drug-likeness (QED) is 0.576. The molecule has 0 aliphatic carbocycles. The summed E-state index contributed by atoms with van der Waals surface area (Å²) in [4.78, 5) is 24.2. The number of nitriles is 2. The lowest BCUT2D eigenvalue weighted by atomic mass is 10.1. The van der Waals surface area contributed by atoms with Crippen LogP contribution in [0.2, 0.25) is 0 Å². The van der Waals surface area contributed by atoms with Gasteiger partial charge in [0.1, 0.15) is 12.1 Å². The van der Waals surface area contributed by atoms with Crippen LogP contribution in [-0.2, 0) is 0 Å². The summed E-state index contributed by atoms with van der Waals surface area (Å²) in [5.74, 6) is -0.190. The van der Waals surface area contributed by atoms with Gasteiger partial charge in [-0.1, -0.05) is 33.7 Å². The maximum atomic E-state index is 11.4. The molecule has 0 aliphatic rings. The molecular formula is C18H12N2O2S2. The zero-order valence-electron chi connectivity index (χ0n) is 13.0. The Hall–Kier alpha value is -2.54. The van der Waals surface area contributed by atoms with Crippen LogP contribution in [0.5, 0.6) is 0 Å². The second kappa shape index (κ2) is 7.83. The largest absolute Gasteiger partial charge is 0.295 e. The Labute approximate surface area is 147 Å². The number of Topliss-reactive ketones (excluding diaryl/α,β-unsaturated/α-hetero) is 2. The van der Waals surface area contributed by atoms with E-state index in [4.69, 9.17) is 0 Å². The summed E-state index contributed by atoms with van der Waals surface area (Å²) in [6.45, 7) is 2.90. The monoisotopic (exact) mass is 352 g/mol. The van der Waals surface area contributed by atoms with Crippen LogP contribution in [-0.4, -0.2) is 11.6 Å². The summed E-state index contributed by atoms with van der Waals surface area (Å²) in [6, 6.07) is 14.1. The fraction of sp³-hybridized carbons (Fsp3) is 0.111. The SMILES string of the molecule is CC(=O)c1ccc(SSc2ccc(C(C)=O)cc2C#N)c(C#N)c1. The van der Waals surface area contributed by atoms with Crippen LogP contribution in [0.15, 0.2) is 46.2 Å². The van der Waals surface area contributed by atoms with Gasteiger partial charge in [-0.2, -0.15) is 10.5 Å². The summed E-state index contributed by atoms with van der Waals surface area (Å²) < 4.78 is 0. The Bertz CT molecular complexity index is 833. The zero-order chi connectivity index (χ0) is 17.7. The van der Waals surface area contributed by atoms with Gasteiger partial charge in [-0.15, -0.1) is 0 Å². The molecule has 118 valence electrons. The number of hydrogen-bond acceptors (Lipinski definition) is 6. The highest BCUT2D eigenvalue weighted by atomic mass is 33.1. The number of carbonyl (C=O) groups is 2. The third-order valence-electron chi connectivity index (χ3n) is 3.23. The van der Waals surface area contributed by atoms with Crippen molar-refractivity contribution in [3.05, 3.63) is 58.7 Å². The highest BCUT2D eigenvalue weighted by molar-refractivity contribution is 8.76. The smallest absolute Gasteiger partial charge is 0.159 e. The van der Waals surface area contributed by atoms with Gasteiger partial charge in [0.2, 0.25) is 0 Å². The number of rotatable bonds is 5. The van der Waals surface area contributed by atoms with Crippen molar-refractivity contribution < 1.29 is 9.59 Å². The highest BCUT2D eigenvalue weighted by Crippen LogP contribution is 2.40. The number of carbonyl (C=O) groups excluding carboxylic acids is 2. The van der Waals surface area contributed by atoms with E-state index in [-0.39, 0.29) is 11.6 Å². The molecule has 0 amide bonds. The molecule has 4 nitrogen and oxygen atoms in total. The van der Waals surface area contributed by atoms with Gasteiger partial charge in [-0.25, -0.2) is 0 Å². The molecule has 0 unspecified atom stereocenters. The van der Waals surface area contributed by atoms with Gasteiger partial charge in [0.15, 0.2) is 11.6 Å². The van der Waals surface area contributed by atoms with Crippen molar-refractivity contribution in [2.75, 3.05) is 0 Å². The first-order chi connectivity index (χ1) is 11.5. The molecule has 0 spiro atoms. The Morgan fingerprint density at radius 2 is 1.17 bits per heavy atom. The molecule has 0 fully saturated rings. The van der Waals surface area contributed by atoms with Gasteiger partial charge in [0.05, 0.1) is 11.1 Å². The van der Waals surface area contributed by atoms with Crippen molar-refractivity contribution >= 4 is 33.2 Å². The summed E-state index contributed by atoms with van der Waals surface area (Å²) in [6.07, 6.45) is 0. The zero-order valence-corrected chi connectivity index (χ0v) is 14.6. The fourth-order valence-electron chi connectivity index (χ4n) is 1.91. The van der Waals surface area contributed by atoms with Crippen molar-refractivity contribution in [1.29, 1.82) is 10.5 Å². The molecule has 0 atom stereocenters. The molecule has 0 aromatic heterocycles. The van der Waals surface area contributed by atoms with Crippen LogP contribution in [0.3, 0.4) is 0 Å². The van der Waals surface area contributed by atoms with Crippen molar-refractivity contribution in [2.24, 2.45) is 0 Å². The van der Waals surface area contributed by atoms with E-state index in [0.717, 1.165) is 0 Å². The average molecular weight is 352 g/mol. The number of ketones is 2. The van der Waals surface area contributed by atoms with E-state index in [1.807, 2.05) is 0 Å². The second-order valence-corrected chi connectivity index (χ2v) is 7.14. The Balaban J connectivity index is 2.26. The van der Waals surface area contributed by atoms with Crippen molar-refractivity contribution in [3.63, 3.8) is 0 Å². The molecule has 0 radical (unpaired) electrons. The third-order valence-corrected chi connectivity index (χ3v) is 5.72. The number of hydrogen-bond donors (Lipinski definition) is 0. The molecule has 2 aromatic rings. The van der Waals surface area contributed by atoms with Gasteiger partial charge in [0.25, 0.3) is 0 Å². The van der Waals surface area contributed by atoms with E-state index >= 15 is 0 Å². The van der Waals surface area contributed by atoms with Crippen LogP contribution >= 0.6 is 21.6 Å². The molecule has 0 aliphatic heterocycles. The predicted octanol–water partition coefficient (Wildman–Crippen LogP) is 4.63. The maximum absolute atomic E-state index is 11.4. The Morgan fingerprint density at radius 1 is 0.792 bits per heavy atom. The third kappa shape index (κ3) is 4.05. The summed E-state index contributed by atoms with van der Waals surface area (Å²) in [7, 11) is 2.67. The lowest BCUT2D eigenvalue weighted by Gasteiger charge is -2.07. The topological polar surface area (TPSA) is 81.7 Å². The van der Waals surface area contributed by atoms with E-state index in [1.54, 1.807) is 36.4 Å². The molecule has 24 heavy (non-hydrogen) atoms. The summed E-state index contributed by atoms with van der Waals surface area (Å²) >= 11 is 0. The number of nitrogens with zero attached hydrogens (tertiary/aromatic N) is 2. The summed E-state index contributed by atoms with van der Waals surface area (Å²) in [5.41, 5.74) is 1.81. The average Bonchev–Trinajstić information content (AvgIpc) is 2.59. The standard InChI is InChI=1S/C18H12N2O2S2/c1-11(21)13-3-5-17(15(7-13)9-19)23-24-18-6-4-14(12(2)22)8-16(18)10-20/h3-8H,1-2H3. The second-order valence-electron chi connectivity index (χ2n) is 4.92. The van der Waals surface area contributed by atoms with Gasteiger partial charge in [0, 0.05) is 20.9 Å².